The highest BCUT2D eigenvalue weighted by atomic mass is 79.9. The fourth-order valence-electron chi connectivity index (χ4n) is 3.46. The Morgan fingerprint density at radius 1 is 0.967 bits per heavy atom. The molecule has 0 fully saturated rings. The van der Waals surface area contributed by atoms with Crippen LogP contribution in [0.2, 0.25) is 5.02 Å². The van der Waals surface area contributed by atoms with Crippen molar-refractivity contribution in [1.82, 2.24) is 4.98 Å². The van der Waals surface area contributed by atoms with E-state index >= 15 is 0 Å². The molecule has 1 N–H and O–H groups in total. The topological polar surface area (TPSA) is 49.7 Å². The number of aromatic amines is 1. The number of aromatic nitrogens is 1. The molecule has 0 spiro atoms. The summed E-state index contributed by atoms with van der Waals surface area (Å²) in [5.74, 6) is 0. The number of nitrogens with one attached hydrogen (secondary N) is 1. The van der Waals surface area contributed by atoms with Gasteiger partial charge in [0.25, 0.3) is 0 Å². The van der Waals surface area contributed by atoms with Crippen molar-refractivity contribution in [2.45, 2.75) is 6.61 Å². The van der Waals surface area contributed by atoms with Crippen molar-refractivity contribution in [2.75, 3.05) is 0 Å². The molecule has 4 aromatic rings. The molecule has 2 heterocycles. The van der Waals surface area contributed by atoms with Crippen LogP contribution >= 0.6 is 43.5 Å². The Kier molecular flexibility index (Phi) is 5.23. The summed E-state index contributed by atoms with van der Waals surface area (Å²) in [5.41, 5.74) is 6.23. The van der Waals surface area contributed by atoms with Gasteiger partial charge in [0.1, 0.15) is 18.0 Å². The van der Waals surface area contributed by atoms with E-state index < -0.39 is 0 Å². The van der Waals surface area contributed by atoms with E-state index in [9.17, 15) is 0 Å². The second kappa shape index (κ2) is 8.02. The monoisotopic (exact) mass is 541 g/mol. The van der Waals surface area contributed by atoms with E-state index in [1.807, 2.05) is 60.8 Å². The second-order valence-electron chi connectivity index (χ2n) is 6.86. The molecular formula is C23H14Br2ClN3O. The normalized spacial score (nSPS) is 14.2. The maximum atomic E-state index is 6.07. The first-order chi connectivity index (χ1) is 14.6. The lowest BCUT2D eigenvalue weighted by molar-refractivity contribution is 0.131. The van der Waals surface area contributed by atoms with Crippen LogP contribution < -0.4 is 0 Å². The molecular weight excluding hydrogens is 530 g/mol. The van der Waals surface area contributed by atoms with E-state index in [1.165, 1.54) is 0 Å². The molecule has 1 aromatic heterocycles. The lowest BCUT2D eigenvalue weighted by atomic mass is 10.0. The largest absolute Gasteiger partial charge is 0.390 e. The number of benzene rings is 3. The maximum absolute atomic E-state index is 6.07. The minimum atomic E-state index is 0.320. The van der Waals surface area contributed by atoms with Crippen molar-refractivity contribution >= 4 is 71.5 Å². The van der Waals surface area contributed by atoms with Crippen LogP contribution in [0.1, 0.15) is 16.7 Å². The second-order valence-corrected chi connectivity index (χ2v) is 9.13. The smallest absolute Gasteiger partial charge is 0.142 e. The van der Waals surface area contributed by atoms with Crippen LogP contribution in [-0.2, 0) is 11.4 Å². The van der Waals surface area contributed by atoms with Crippen LogP contribution in [0.4, 0.5) is 5.69 Å². The third-order valence-corrected chi connectivity index (χ3v) is 6.07. The lowest BCUT2D eigenvalue weighted by Crippen LogP contribution is -2.13. The summed E-state index contributed by atoms with van der Waals surface area (Å²) < 4.78 is 1.97. The van der Waals surface area contributed by atoms with Crippen molar-refractivity contribution in [3.63, 3.8) is 0 Å². The highest BCUT2D eigenvalue weighted by Gasteiger charge is 2.27. The van der Waals surface area contributed by atoms with Gasteiger partial charge in [0.2, 0.25) is 0 Å². The summed E-state index contributed by atoms with van der Waals surface area (Å²) >= 11 is 13.2. The van der Waals surface area contributed by atoms with Crippen LogP contribution in [0.5, 0.6) is 0 Å². The van der Waals surface area contributed by atoms with E-state index in [4.69, 9.17) is 21.4 Å². The molecule has 0 saturated carbocycles. The minimum Gasteiger partial charge on any atom is -0.390 e. The number of fused-ring (bicyclic) bond motifs is 2. The van der Waals surface area contributed by atoms with E-state index in [1.54, 1.807) is 0 Å². The van der Waals surface area contributed by atoms with Crippen molar-refractivity contribution in [2.24, 2.45) is 10.1 Å². The van der Waals surface area contributed by atoms with Crippen molar-refractivity contribution in [3.8, 4) is 0 Å². The average molecular weight is 544 g/mol. The number of hydrogen-bond donors (Lipinski definition) is 1. The Hall–Kier alpha value is -2.41. The number of hydrogen-bond acceptors (Lipinski definition) is 3. The zero-order valence-electron chi connectivity index (χ0n) is 15.5. The van der Waals surface area contributed by atoms with Crippen LogP contribution in [0.25, 0.3) is 10.9 Å². The fraction of sp³-hybridized carbons (Fsp3) is 0.0435. The molecule has 1 aliphatic rings. The summed E-state index contributed by atoms with van der Waals surface area (Å²) in [6.07, 6.45) is 1.96. The third-order valence-electron chi connectivity index (χ3n) is 4.85. The zero-order valence-corrected chi connectivity index (χ0v) is 19.4. The minimum absolute atomic E-state index is 0.320. The third kappa shape index (κ3) is 3.71. The summed E-state index contributed by atoms with van der Waals surface area (Å²) in [7, 11) is 0. The van der Waals surface area contributed by atoms with Crippen molar-refractivity contribution < 1.29 is 4.84 Å². The van der Waals surface area contributed by atoms with Gasteiger partial charge in [0.15, 0.2) is 0 Å². The lowest BCUT2D eigenvalue weighted by Gasteiger charge is -2.06. The van der Waals surface area contributed by atoms with Gasteiger partial charge < -0.3 is 9.82 Å². The fourth-order valence-corrected chi connectivity index (χ4v) is 4.40. The molecule has 3 aromatic carbocycles. The molecule has 0 bridgehead atoms. The van der Waals surface area contributed by atoms with Crippen molar-refractivity contribution in [1.29, 1.82) is 0 Å². The molecule has 0 atom stereocenters. The highest BCUT2D eigenvalue weighted by molar-refractivity contribution is 9.10. The number of aliphatic imine (C=N–C) groups is 1. The number of nitrogens with zero attached hydrogens (tertiary/aromatic N) is 2. The van der Waals surface area contributed by atoms with Crippen LogP contribution in [0, 0.1) is 0 Å². The molecule has 148 valence electrons. The summed E-state index contributed by atoms with van der Waals surface area (Å²) in [5, 5.41) is 6.23. The Morgan fingerprint density at radius 3 is 2.67 bits per heavy atom. The summed E-state index contributed by atoms with van der Waals surface area (Å²) in [6.45, 7) is 0.320. The van der Waals surface area contributed by atoms with Gasteiger partial charge in [0, 0.05) is 42.2 Å². The first-order valence-electron chi connectivity index (χ1n) is 9.19. The molecule has 0 unspecified atom stereocenters. The van der Waals surface area contributed by atoms with E-state index in [-0.39, 0.29) is 0 Å². The Morgan fingerprint density at radius 2 is 1.80 bits per heavy atom. The molecule has 0 amide bonds. The van der Waals surface area contributed by atoms with Crippen molar-refractivity contribution in [3.05, 3.63) is 97.5 Å². The average Bonchev–Trinajstić information content (AvgIpc) is 3.29. The van der Waals surface area contributed by atoms with Crippen LogP contribution in [0.3, 0.4) is 0 Å². The number of halogens is 3. The molecule has 30 heavy (non-hydrogen) atoms. The van der Waals surface area contributed by atoms with Gasteiger partial charge in [-0.2, -0.15) is 0 Å². The predicted molar refractivity (Wildman–Crippen MR) is 129 cm³/mol. The Bertz CT molecular complexity index is 1340. The molecule has 0 saturated heterocycles. The number of rotatable bonds is 4. The van der Waals surface area contributed by atoms with Gasteiger partial charge in [-0.3, -0.25) is 0 Å². The Labute approximate surface area is 194 Å². The van der Waals surface area contributed by atoms with E-state index in [0.29, 0.717) is 17.3 Å². The Balaban J connectivity index is 1.56. The number of oxime groups is 1. The molecule has 0 radical (unpaired) electrons. The first-order valence-corrected chi connectivity index (χ1v) is 11.2. The van der Waals surface area contributed by atoms with E-state index in [0.717, 1.165) is 47.9 Å². The predicted octanol–water partition coefficient (Wildman–Crippen LogP) is 7.40. The maximum Gasteiger partial charge on any atom is 0.142 e. The molecule has 4 nitrogen and oxygen atoms in total. The van der Waals surface area contributed by atoms with Gasteiger partial charge >= 0.3 is 0 Å². The quantitative estimate of drug-likeness (QED) is 0.268. The number of H-pyrrole nitrogens is 1. The van der Waals surface area contributed by atoms with Gasteiger partial charge in [0.05, 0.1) is 5.69 Å². The molecule has 5 rings (SSSR count). The van der Waals surface area contributed by atoms with Gasteiger partial charge in [-0.25, -0.2) is 4.99 Å². The summed E-state index contributed by atoms with van der Waals surface area (Å²) in [4.78, 5) is 13.9. The van der Waals surface area contributed by atoms with Gasteiger partial charge in [-0.1, -0.05) is 60.7 Å². The molecule has 0 aliphatic carbocycles. The van der Waals surface area contributed by atoms with Gasteiger partial charge in [-0.15, -0.1) is 0 Å². The SMILES string of the molecule is Clc1cccc(CO/N=C2/C(c3c[nH]c4ccc(Br)cc34)=Nc3ccc(Br)cc32)c1. The summed E-state index contributed by atoms with van der Waals surface area (Å²) in [6, 6.07) is 19.6. The van der Waals surface area contributed by atoms with Crippen LogP contribution in [0.15, 0.2) is 86.0 Å². The molecule has 1 aliphatic heterocycles. The van der Waals surface area contributed by atoms with E-state index in [2.05, 4.69) is 48.1 Å². The zero-order chi connectivity index (χ0) is 20.7. The molecule has 7 heteroatoms. The van der Waals surface area contributed by atoms with Crippen LogP contribution in [-0.4, -0.2) is 16.4 Å². The highest BCUT2D eigenvalue weighted by Crippen LogP contribution is 2.34. The first kappa shape index (κ1) is 19.5. The van der Waals surface area contributed by atoms with Gasteiger partial charge in [-0.05, 0) is 54.1 Å². The standard InChI is InChI=1S/C23H14Br2ClN3O/c24-14-4-6-20-17(9-14)19(11-27-20)22-23(18-10-15(25)5-7-21(18)28-22)29-30-12-13-2-1-3-16(26)8-13/h1-11,27H,12H2/b29-23+.